The minimum Gasteiger partial charge on any atom is -0.357 e. The number of nitrogens with zero attached hydrogens (tertiary/aromatic N) is 3. The Bertz CT molecular complexity index is 518. The van der Waals surface area contributed by atoms with E-state index in [0.717, 1.165) is 18.7 Å². The first-order valence-corrected chi connectivity index (χ1v) is 7.92. The van der Waals surface area contributed by atoms with Crippen molar-refractivity contribution in [3.8, 4) is 0 Å². The summed E-state index contributed by atoms with van der Waals surface area (Å²) in [6, 6.07) is 1.93. The zero-order valence-corrected chi connectivity index (χ0v) is 17.3. The Morgan fingerprint density at radius 3 is 2.61 bits per heavy atom. The van der Waals surface area contributed by atoms with Gasteiger partial charge in [-0.1, -0.05) is 18.5 Å². The van der Waals surface area contributed by atoms with Gasteiger partial charge in [0, 0.05) is 39.1 Å². The number of nitrogens with one attached hydrogen (secondary N) is 2. The van der Waals surface area contributed by atoms with Gasteiger partial charge < -0.3 is 20.1 Å². The SMILES string of the molecule is CCCNC(=O)CN=C(NCC)N(C)Cc1cc(Cl)cn1C.I. The van der Waals surface area contributed by atoms with E-state index in [2.05, 4.69) is 15.6 Å². The molecular formula is C15H27ClIN5O. The molecule has 0 atom stereocenters. The standard InChI is InChI=1S/C15H26ClN5O.HI/c1-5-7-18-14(22)9-19-15(17-6-2)21(4)11-13-8-12(16)10-20(13)3;/h8,10H,5-7,9,11H2,1-4H3,(H,17,19)(H,18,22);1H. The van der Waals surface area contributed by atoms with Crippen LogP contribution < -0.4 is 10.6 Å². The summed E-state index contributed by atoms with van der Waals surface area (Å²) in [4.78, 5) is 18.0. The third kappa shape index (κ3) is 7.92. The van der Waals surface area contributed by atoms with Gasteiger partial charge in [-0.2, -0.15) is 0 Å². The number of hydrogen-bond acceptors (Lipinski definition) is 2. The summed E-state index contributed by atoms with van der Waals surface area (Å²) in [5, 5.41) is 6.73. The highest BCUT2D eigenvalue weighted by molar-refractivity contribution is 14.0. The zero-order chi connectivity index (χ0) is 16.5. The van der Waals surface area contributed by atoms with E-state index in [9.17, 15) is 4.79 Å². The maximum absolute atomic E-state index is 11.7. The van der Waals surface area contributed by atoms with Crippen molar-refractivity contribution in [1.29, 1.82) is 0 Å². The summed E-state index contributed by atoms with van der Waals surface area (Å²) in [5.41, 5.74) is 1.08. The molecule has 6 nitrogen and oxygen atoms in total. The van der Waals surface area contributed by atoms with Crippen LogP contribution in [0.5, 0.6) is 0 Å². The highest BCUT2D eigenvalue weighted by Gasteiger charge is 2.10. The fraction of sp³-hybridized carbons (Fsp3) is 0.600. The van der Waals surface area contributed by atoms with Crippen molar-refractivity contribution >= 4 is 47.4 Å². The first-order valence-electron chi connectivity index (χ1n) is 7.54. The second-order valence-corrected chi connectivity index (χ2v) is 5.57. The summed E-state index contributed by atoms with van der Waals surface area (Å²) >= 11 is 6.00. The Morgan fingerprint density at radius 2 is 2.09 bits per heavy atom. The van der Waals surface area contributed by atoms with Crippen LogP contribution in [0.15, 0.2) is 17.3 Å². The summed E-state index contributed by atoms with van der Waals surface area (Å²) in [7, 11) is 3.89. The molecule has 2 N–H and O–H groups in total. The quantitative estimate of drug-likeness (QED) is 0.376. The molecule has 0 saturated heterocycles. The zero-order valence-electron chi connectivity index (χ0n) is 14.2. The van der Waals surface area contributed by atoms with Crippen molar-refractivity contribution in [2.45, 2.75) is 26.8 Å². The van der Waals surface area contributed by atoms with Crippen LogP contribution in [0.2, 0.25) is 5.02 Å². The Balaban J connectivity index is 0.00000484. The first-order chi connectivity index (χ1) is 10.5. The van der Waals surface area contributed by atoms with Gasteiger partial charge >= 0.3 is 0 Å². The van der Waals surface area contributed by atoms with E-state index in [-0.39, 0.29) is 36.4 Å². The lowest BCUT2D eigenvalue weighted by Gasteiger charge is -2.22. The molecular weight excluding hydrogens is 429 g/mol. The van der Waals surface area contributed by atoms with E-state index in [0.29, 0.717) is 24.1 Å². The average molecular weight is 456 g/mol. The number of hydrogen-bond donors (Lipinski definition) is 2. The Morgan fingerprint density at radius 1 is 1.39 bits per heavy atom. The van der Waals surface area contributed by atoms with Gasteiger partial charge in [0.2, 0.25) is 5.91 Å². The van der Waals surface area contributed by atoms with Crippen LogP contribution in [-0.4, -0.2) is 48.0 Å². The fourth-order valence-electron chi connectivity index (χ4n) is 1.98. The molecule has 132 valence electrons. The van der Waals surface area contributed by atoms with Gasteiger partial charge in [0.05, 0.1) is 11.6 Å². The topological polar surface area (TPSA) is 61.7 Å². The molecule has 1 rings (SSSR count). The van der Waals surface area contributed by atoms with Crippen molar-refractivity contribution in [3.05, 3.63) is 23.0 Å². The molecule has 0 saturated carbocycles. The smallest absolute Gasteiger partial charge is 0.241 e. The Hall–Kier alpha value is -0.960. The lowest BCUT2D eigenvalue weighted by atomic mass is 10.4. The number of aromatic nitrogens is 1. The molecule has 0 aliphatic carbocycles. The number of rotatable bonds is 7. The van der Waals surface area contributed by atoms with Gasteiger partial charge in [0.25, 0.3) is 0 Å². The van der Waals surface area contributed by atoms with Gasteiger partial charge in [-0.15, -0.1) is 24.0 Å². The summed E-state index contributed by atoms with van der Waals surface area (Å²) in [6.07, 6.45) is 2.79. The average Bonchev–Trinajstić information content (AvgIpc) is 2.78. The molecule has 1 heterocycles. The van der Waals surface area contributed by atoms with Crippen LogP contribution in [0.3, 0.4) is 0 Å². The van der Waals surface area contributed by atoms with E-state index >= 15 is 0 Å². The molecule has 0 aliphatic heterocycles. The highest BCUT2D eigenvalue weighted by Crippen LogP contribution is 2.14. The van der Waals surface area contributed by atoms with Gasteiger partial charge in [-0.3, -0.25) is 4.79 Å². The third-order valence-electron chi connectivity index (χ3n) is 3.11. The summed E-state index contributed by atoms with van der Waals surface area (Å²) < 4.78 is 1.98. The monoisotopic (exact) mass is 455 g/mol. The molecule has 0 aromatic carbocycles. The second kappa shape index (κ2) is 11.6. The van der Waals surface area contributed by atoms with Gasteiger partial charge in [-0.25, -0.2) is 4.99 Å². The molecule has 23 heavy (non-hydrogen) atoms. The molecule has 8 heteroatoms. The fourth-order valence-corrected chi connectivity index (χ4v) is 2.25. The number of aryl methyl sites for hydroxylation is 1. The van der Waals surface area contributed by atoms with E-state index in [1.54, 1.807) is 0 Å². The van der Waals surface area contributed by atoms with Crippen LogP contribution >= 0.6 is 35.6 Å². The van der Waals surface area contributed by atoms with Gasteiger partial charge in [0.15, 0.2) is 5.96 Å². The second-order valence-electron chi connectivity index (χ2n) is 5.14. The van der Waals surface area contributed by atoms with Crippen molar-refractivity contribution in [1.82, 2.24) is 20.1 Å². The summed E-state index contributed by atoms with van der Waals surface area (Å²) in [5.74, 6) is 0.638. The largest absolute Gasteiger partial charge is 0.357 e. The van der Waals surface area contributed by atoms with Gasteiger partial charge in [0.1, 0.15) is 6.54 Å². The van der Waals surface area contributed by atoms with Crippen molar-refractivity contribution < 1.29 is 4.79 Å². The van der Waals surface area contributed by atoms with E-state index in [1.165, 1.54) is 0 Å². The molecule has 1 amide bonds. The highest BCUT2D eigenvalue weighted by atomic mass is 127. The number of aliphatic imine (C=N–C) groups is 1. The maximum atomic E-state index is 11.7. The van der Waals surface area contributed by atoms with Crippen LogP contribution in [-0.2, 0) is 18.4 Å². The number of amides is 1. The molecule has 0 spiro atoms. The molecule has 0 aliphatic rings. The molecule has 1 aromatic heterocycles. The van der Waals surface area contributed by atoms with E-state index < -0.39 is 0 Å². The minimum atomic E-state index is -0.0624. The van der Waals surface area contributed by atoms with Crippen LogP contribution in [0, 0.1) is 0 Å². The normalized spacial score (nSPS) is 10.9. The number of carbonyl (C=O) groups excluding carboxylic acids is 1. The summed E-state index contributed by atoms with van der Waals surface area (Å²) in [6.45, 7) is 6.23. The maximum Gasteiger partial charge on any atom is 0.241 e. The first kappa shape index (κ1) is 22.0. The molecule has 0 radical (unpaired) electrons. The lowest BCUT2D eigenvalue weighted by molar-refractivity contribution is -0.119. The van der Waals surface area contributed by atoms with Crippen LogP contribution in [0.25, 0.3) is 0 Å². The van der Waals surface area contributed by atoms with Crippen LogP contribution in [0.1, 0.15) is 26.0 Å². The molecule has 0 fully saturated rings. The lowest BCUT2D eigenvalue weighted by Crippen LogP contribution is -2.39. The molecule has 0 bridgehead atoms. The number of halogens is 2. The van der Waals surface area contributed by atoms with E-state index in [1.807, 2.05) is 49.7 Å². The number of carbonyl (C=O) groups is 1. The molecule has 1 aromatic rings. The Kier molecular flexibility index (Phi) is 11.1. The predicted octanol–water partition coefficient (Wildman–Crippen LogP) is 2.22. The van der Waals surface area contributed by atoms with Crippen LogP contribution in [0.4, 0.5) is 0 Å². The predicted molar refractivity (Wildman–Crippen MR) is 107 cm³/mol. The van der Waals surface area contributed by atoms with Crippen molar-refractivity contribution in [2.24, 2.45) is 12.0 Å². The Labute approximate surface area is 160 Å². The minimum absolute atomic E-state index is 0. The third-order valence-corrected chi connectivity index (χ3v) is 3.32. The number of guanidine groups is 1. The van der Waals surface area contributed by atoms with E-state index in [4.69, 9.17) is 11.6 Å². The molecule has 0 unspecified atom stereocenters. The van der Waals surface area contributed by atoms with Crippen molar-refractivity contribution in [3.63, 3.8) is 0 Å². The van der Waals surface area contributed by atoms with Gasteiger partial charge in [-0.05, 0) is 19.4 Å². The van der Waals surface area contributed by atoms with Crippen molar-refractivity contribution in [2.75, 3.05) is 26.7 Å².